The molecule has 2 N–H and O–H groups in total. The fourth-order valence-corrected chi connectivity index (χ4v) is 1.53. The van der Waals surface area contributed by atoms with Gasteiger partial charge in [0.05, 0.1) is 6.42 Å². The minimum absolute atomic E-state index is 0.168. The second-order valence-electron chi connectivity index (χ2n) is 2.54. The van der Waals surface area contributed by atoms with Gasteiger partial charge in [-0.1, -0.05) is 0 Å². The quantitative estimate of drug-likeness (QED) is 0.595. The number of rotatable bonds is 3. The van der Waals surface area contributed by atoms with Gasteiger partial charge in [-0.2, -0.15) is 11.3 Å². The third kappa shape index (κ3) is 3.76. The molecule has 0 saturated heterocycles. The lowest BCUT2D eigenvalue weighted by molar-refractivity contribution is -0.127. The Morgan fingerprint density at radius 3 is 2.64 bits per heavy atom. The van der Waals surface area contributed by atoms with E-state index in [4.69, 9.17) is 11.6 Å². The van der Waals surface area contributed by atoms with E-state index in [0.717, 1.165) is 5.56 Å². The molecule has 1 heterocycles. The molecule has 4 nitrogen and oxygen atoms in total. The van der Waals surface area contributed by atoms with Crippen molar-refractivity contribution in [1.82, 2.24) is 10.9 Å². The molecule has 14 heavy (non-hydrogen) atoms. The van der Waals surface area contributed by atoms with Crippen LogP contribution in [0.2, 0.25) is 0 Å². The van der Waals surface area contributed by atoms with Gasteiger partial charge in [-0.15, -0.1) is 11.6 Å². The number of hydrogen-bond donors (Lipinski definition) is 2. The van der Waals surface area contributed by atoms with Crippen molar-refractivity contribution in [3.8, 4) is 0 Å². The van der Waals surface area contributed by atoms with Crippen LogP contribution in [0.1, 0.15) is 5.56 Å². The van der Waals surface area contributed by atoms with E-state index in [1.807, 2.05) is 16.8 Å². The third-order valence-electron chi connectivity index (χ3n) is 1.41. The van der Waals surface area contributed by atoms with Crippen LogP contribution < -0.4 is 10.9 Å². The Bertz CT molecular complexity index is 313. The van der Waals surface area contributed by atoms with Gasteiger partial charge < -0.3 is 0 Å². The van der Waals surface area contributed by atoms with Gasteiger partial charge in [0.1, 0.15) is 5.88 Å². The Morgan fingerprint density at radius 2 is 2.07 bits per heavy atom. The highest BCUT2D eigenvalue weighted by Gasteiger charge is 2.04. The fourth-order valence-electron chi connectivity index (χ4n) is 0.796. The van der Waals surface area contributed by atoms with Gasteiger partial charge in [-0.3, -0.25) is 20.4 Å². The lowest BCUT2D eigenvalue weighted by atomic mass is 10.2. The Hall–Kier alpha value is -1.07. The topological polar surface area (TPSA) is 58.2 Å². The predicted molar refractivity (Wildman–Crippen MR) is 55.0 cm³/mol. The normalized spacial score (nSPS) is 9.50. The van der Waals surface area contributed by atoms with E-state index >= 15 is 0 Å². The van der Waals surface area contributed by atoms with Crippen molar-refractivity contribution in [1.29, 1.82) is 0 Å². The van der Waals surface area contributed by atoms with Crippen molar-refractivity contribution in [3.05, 3.63) is 22.4 Å². The molecule has 0 unspecified atom stereocenters. The molecule has 0 bridgehead atoms. The van der Waals surface area contributed by atoms with E-state index in [0.29, 0.717) is 0 Å². The molecule has 0 aliphatic carbocycles. The highest BCUT2D eigenvalue weighted by Crippen LogP contribution is 2.05. The minimum Gasteiger partial charge on any atom is -0.273 e. The van der Waals surface area contributed by atoms with Gasteiger partial charge in [0, 0.05) is 0 Å². The number of thiophene rings is 1. The van der Waals surface area contributed by atoms with E-state index in [1.165, 1.54) is 11.3 Å². The average Bonchev–Trinajstić information content (AvgIpc) is 2.66. The summed E-state index contributed by atoms with van der Waals surface area (Å²) in [6, 6.07) is 1.85. The molecule has 0 fully saturated rings. The molecule has 0 aliphatic heterocycles. The van der Waals surface area contributed by atoms with Gasteiger partial charge in [-0.05, 0) is 22.4 Å². The average molecular weight is 233 g/mol. The second-order valence-corrected chi connectivity index (χ2v) is 3.59. The monoisotopic (exact) mass is 232 g/mol. The number of hydrazine groups is 1. The number of nitrogens with one attached hydrogen (secondary N) is 2. The van der Waals surface area contributed by atoms with Gasteiger partial charge in [0.15, 0.2) is 0 Å². The lowest BCUT2D eigenvalue weighted by Gasteiger charge is -2.04. The third-order valence-corrected chi connectivity index (χ3v) is 2.38. The molecule has 1 aromatic heterocycles. The summed E-state index contributed by atoms with van der Waals surface area (Å²) in [5.74, 6) is -0.856. The first-order valence-electron chi connectivity index (χ1n) is 3.87. The number of hydrogen-bond acceptors (Lipinski definition) is 3. The molecule has 0 aromatic carbocycles. The highest BCUT2D eigenvalue weighted by molar-refractivity contribution is 7.07. The maximum absolute atomic E-state index is 11.2. The lowest BCUT2D eigenvalue weighted by Crippen LogP contribution is -2.42. The highest BCUT2D eigenvalue weighted by atomic mass is 35.5. The van der Waals surface area contributed by atoms with Crippen molar-refractivity contribution in [2.45, 2.75) is 6.42 Å². The zero-order valence-electron chi connectivity index (χ0n) is 7.25. The summed E-state index contributed by atoms with van der Waals surface area (Å²) in [5, 5.41) is 3.77. The molecule has 0 radical (unpaired) electrons. The van der Waals surface area contributed by atoms with E-state index < -0.39 is 5.91 Å². The number of halogens is 1. The predicted octanol–water partition coefficient (Wildman–Crippen LogP) is 0.677. The van der Waals surface area contributed by atoms with Crippen molar-refractivity contribution in [3.63, 3.8) is 0 Å². The van der Waals surface area contributed by atoms with Gasteiger partial charge in [-0.25, -0.2) is 0 Å². The molecular weight excluding hydrogens is 224 g/mol. The number of carbonyl (C=O) groups excluding carboxylic acids is 2. The molecule has 0 aliphatic rings. The van der Waals surface area contributed by atoms with Gasteiger partial charge in [0.25, 0.3) is 5.91 Å². The Kier molecular flexibility index (Phi) is 4.42. The standard InChI is InChI=1S/C8H9ClN2O2S/c9-4-8(13)11-10-7(12)3-6-1-2-14-5-6/h1-2,5H,3-4H2,(H,10,12)(H,11,13). The number of carbonyl (C=O) groups is 2. The molecule has 0 spiro atoms. The molecule has 1 aromatic rings. The fraction of sp³-hybridized carbons (Fsp3) is 0.250. The van der Waals surface area contributed by atoms with Crippen molar-refractivity contribution in [2.24, 2.45) is 0 Å². The SMILES string of the molecule is O=C(CCl)NNC(=O)Cc1ccsc1. The van der Waals surface area contributed by atoms with Crippen LogP contribution in [0.25, 0.3) is 0 Å². The maximum atomic E-state index is 11.2. The van der Waals surface area contributed by atoms with Crippen LogP contribution in [0, 0.1) is 0 Å². The maximum Gasteiger partial charge on any atom is 0.253 e. The zero-order valence-corrected chi connectivity index (χ0v) is 8.82. The summed E-state index contributed by atoms with van der Waals surface area (Å²) in [5.41, 5.74) is 5.35. The summed E-state index contributed by atoms with van der Waals surface area (Å²) >= 11 is 6.74. The molecule has 0 atom stereocenters. The Balaban J connectivity index is 2.26. The van der Waals surface area contributed by atoms with Crippen LogP contribution in [0.15, 0.2) is 16.8 Å². The van der Waals surface area contributed by atoms with Crippen LogP contribution in [-0.2, 0) is 16.0 Å². The van der Waals surface area contributed by atoms with Gasteiger partial charge in [0.2, 0.25) is 5.91 Å². The number of alkyl halides is 1. The molecule has 2 amide bonds. The van der Waals surface area contributed by atoms with Crippen LogP contribution in [-0.4, -0.2) is 17.7 Å². The largest absolute Gasteiger partial charge is 0.273 e. The van der Waals surface area contributed by atoms with Gasteiger partial charge >= 0.3 is 0 Å². The second kappa shape index (κ2) is 5.62. The zero-order chi connectivity index (χ0) is 10.4. The summed E-state index contributed by atoms with van der Waals surface area (Å²) in [6.07, 6.45) is 0.256. The first-order valence-corrected chi connectivity index (χ1v) is 5.35. The summed E-state index contributed by atoms with van der Waals surface area (Å²) in [6.45, 7) is 0. The van der Waals surface area contributed by atoms with E-state index in [-0.39, 0.29) is 18.2 Å². The smallest absolute Gasteiger partial charge is 0.253 e. The van der Waals surface area contributed by atoms with Crippen LogP contribution >= 0.6 is 22.9 Å². The van der Waals surface area contributed by atoms with Crippen LogP contribution in [0.3, 0.4) is 0 Å². The van der Waals surface area contributed by atoms with Crippen molar-refractivity contribution in [2.75, 3.05) is 5.88 Å². The molecule has 1 rings (SSSR count). The van der Waals surface area contributed by atoms with E-state index in [1.54, 1.807) is 0 Å². The Morgan fingerprint density at radius 1 is 1.36 bits per heavy atom. The first-order chi connectivity index (χ1) is 6.72. The van der Waals surface area contributed by atoms with Crippen LogP contribution in [0.4, 0.5) is 0 Å². The summed E-state index contributed by atoms with van der Waals surface area (Å²) < 4.78 is 0. The molecule has 76 valence electrons. The van der Waals surface area contributed by atoms with E-state index in [9.17, 15) is 9.59 Å². The number of amides is 2. The minimum atomic E-state index is -0.426. The summed E-state index contributed by atoms with van der Waals surface area (Å²) in [4.78, 5) is 21.8. The van der Waals surface area contributed by atoms with Crippen molar-refractivity contribution >= 4 is 34.8 Å². The first kappa shape index (κ1) is 11.0. The Labute approximate surface area is 90.2 Å². The summed E-state index contributed by atoms with van der Waals surface area (Å²) in [7, 11) is 0. The molecule has 0 saturated carbocycles. The molecular formula is C8H9ClN2O2S. The molecule has 6 heteroatoms. The van der Waals surface area contributed by atoms with E-state index in [2.05, 4.69) is 10.9 Å². The van der Waals surface area contributed by atoms with Crippen molar-refractivity contribution < 1.29 is 9.59 Å². The van der Waals surface area contributed by atoms with Crippen LogP contribution in [0.5, 0.6) is 0 Å².